The average molecular weight is 298 g/mol. The predicted octanol–water partition coefficient (Wildman–Crippen LogP) is 3.60. The van der Waals surface area contributed by atoms with Crippen LogP contribution in [0, 0.1) is 17.5 Å². The van der Waals surface area contributed by atoms with Crippen molar-refractivity contribution in [1.29, 1.82) is 0 Å². The molecule has 1 N–H and O–H groups in total. The van der Waals surface area contributed by atoms with Crippen molar-refractivity contribution in [2.45, 2.75) is 50.6 Å². The van der Waals surface area contributed by atoms with E-state index < -0.39 is 17.5 Å². The smallest absolute Gasteiger partial charge is 0.196 e. The van der Waals surface area contributed by atoms with Crippen molar-refractivity contribution < 1.29 is 13.2 Å². The second-order valence-corrected chi connectivity index (χ2v) is 6.39. The molecule has 1 spiro atoms. The van der Waals surface area contributed by atoms with Gasteiger partial charge in [0.05, 0.1) is 5.69 Å². The lowest BCUT2D eigenvalue weighted by atomic mass is 9.79. The molecular weight excluding hydrogens is 277 g/mol. The van der Waals surface area contributed by atoms with Gasteiger partial charge >= 0.3 is 0 Å². The van der Waals surface area contributed by atoms with Crippen LogP contribution in [0.25, 0.3) is 0 Å². The Morgan fingerprint density at radius 3 is 2.52 bits per heavy atom. The Labute approximate surface area is 123 Å². The van der Waals surface area contributed by atoms with Gasteiger partial charge < -0.3 is 10.2 Å². The molecule has 1 atom stereocenters. The first-order valence-corrected chi connectivity index (χ1v) is 7.68. The van der Waals surface area contributed by atoms with Gasteiger partial charge in [-0.3, -0.25) is 0 Å². The minimum atomic E-state index is -1.38. The molecule has 1 heterocycles. The molecule has 21 heavy (non-hydrogen) atoms. The molecule has 2 fully saturated rings. The highest BCUT2D eigenvalue weighted by atomic mass is 19.2. The van der Waals surface area contributed by atoms with E-state index in [1.54, 1.807) is 0 Å². The molecule has 1 saturated heterocycles. The summed E-state index contributed by atoms with van der Waals surface area (Å²) in [6, 6.07) is 2.42. The monoisotopic (exact) mass is 298 g/mol. The Morgan fingerprint density at radius 1 is 1.10 bits per heavy atom. The highest BCUT2D eigenvalue weighted by molar-refractivity contribution is 5.50. The molecule has 2 nitrogen and oxygen atoms in total. The fraction of sp³-hybridized carbons (Fsp3) is 0.625. The maximum Gasteiger partial charge on any atom is 0.196 e. The number of nitrogens with zero attached hydrogens (tertiary/aromatic N) is 1. The number of hydrogen-bond acceptors (Lipinski definition) is 2. The van der Waals surface area contributed by atoms with E-state index in [1.807, 2.05) is 11.8 Å². The van der Waals surface area contributed by atoms with Crippen LogP contribution in [0.15, 0.2) is 12.1 Å². The Balaban J connectivity index is 1.91. The van der Waals surface area contributed by atoms with Crippen LogP contribution in [0.2, 0.25) is 0 Å². The van der Waals surface area contributed by atoms with Crippen molar-refractivity contribution in [2.75, 3.05) is 18.0 Å². The van der Waals surface area contributed by atoms with Crippen LogP contribution in [0.1, 0.15) is 39.0 Å². The van der Waals surface area contributed by atoms with Crippen molar-refractivity contribution in [3.8, 4) is 0 Å². The maximum atomic E-state index is 14.1. The molecule has 0 amide bonds. The van der Waals surface area contributed by atoms with Crippen LogP contribution in [-0.4, -0.2) is 24.7 Å². The molecular formula is C16H21F3N2. The van der Waals surface area contributed by atoms with Crippen LogP contribution in [0.3, 0.4) is 0 Å². The SMILES string of the molecule is CC1CNC2(CCCCC2)CN1c1ccc(F)c(F)c1F. The van der Waals surface area contributed by atoms with E-state index in [9.17, 15) is 13.2 Å². The topological polar surface area (TPSA) is 15.3 Å². The van der Waals surface area contributed by atoms with E-state index >= 15 is 0 Å². The molecule has 116 valence electrons. The van der Waals surface area contributed by atoms with Crippen LogP contribution in [-0.2, 0) is 0 Å². The molecule has 0 bridgehead atoms. The summed E-state index contributed by atoms with van der Waals surface area (Å²) in [6.45, 7) is 3.36. The summed E-state index contributed by atoms with van der Waals surface area (Å²) in [4.78, 5) is 1.89. The number of rotatable bonds is 1. The third-order valence-corrected chi connectivity index (χ3v) is 4.91. The first kappa shape index (κ1) is 14.7. The minimum Gasteiger partial charge on any atom is -0.363 e. The summed E-state index contributed by atoms with van der Waals surface area (Å²) in [7, 11) is 0. The largest absolute Gasteiger partial charge is 0.363 e. The van der Waals surface area contributed by atoms with Crippen molar-refractivity contribution in [3.05, 3.63) is 29.6 Å². The zero-order chi connectivity index (χ0) is 15.0. The number of anilines is 1. The highest BCUT2D eigenvalue weighted by Crippen LogP contribution is 2.35. The van der Waals surface area contributed by atoms with Crippen LogP contribution in [0.4, 0.5) is 18.9 Å². The number of piperazine rings is 1. The van der Waals surface area contributed by atoms with Crippen LogP contribution >= 0.6 is 0 Å². The summed E-state index contributed by atoms with van der Waals surface area (Å²) < 4.78 is 40.7. The van der Waals surface area contributed by atoms with E-state index in [0.29, 0.717) is 6.54 Å². The van der Waals surface area contributed by atoms with Gasteiger partial charge in [0.25, 0.3) is 0 Å². The molecule has 5 heteroatoms. The maximum absolute atomic E-state index is 14.1. The van der Waals surface area contributed by atoms with Gasteiger partial charge in [0.1, 0.15) is 0 Å². The number of benzene rings is 1. The van der Waals surface area contributed by atoms with Crippen molar-refractivity contribution >= 4 is 5.69 Å². The van der Waals surface area contributed by atoms with Gasteiger partial charge in [0.2, 0.25) is 0 Å². The predicted molar refractivity (Wildman–Crippen MR) is 76.9 cm³/mol. The van der Waals surface area contributed by atoms with Gasteiger partial charge in [0, 0.05) is 24.7 Å². The molecule has 1 aliphatic carbocycles. The summed E-state index contributed by atoms with van der Waals surface area (Å²) in [5, 5.41) is 3.60. The Morgan fingerprint density at radius 2 is 1.81 bits per heavy atom. The fourth-order valence-electron chi connectivity index (χ4n) is 3.64. The quantitative estimate of drug-likeness (QED) is 0.797. The average Bonchev–Trinajstić information content (AvgIpc) is 2.49. The molecule has 2 aliphatic rings. The lowest BCUT2D eigenvalue weighted by molar-refractivity contribution is 0.200. The second kappa shape index (κ2) is 5.52. The molecule has 1 saturated carbocycles. The van der Waals surface area contributed by atoms with Crippen molar-refractivity contribution in [2.24, 2.45) is 0 Å². The molecule has 0 radical (unpaired) electrons. The van der Waals surface area contributed by atoms with Gasteiger partial charge in [-0.2, -0.15) is 0 Å². The van der Waals surface area contributed by atoms with E-state index in [0.717, 1.165) is 38.3 Å². The fourth-order valence-corrected chi connectivity index (χ4v) is 3.64. The minimum absolute atomic E-state index is 0.0118. The third-order valence-electron chi connectivity index (χ3n) is 4.91. The molecule has 1 unspecified atom stereocenters. The molecule has 1 aromatic carbocycles. The molecule has 1 aromatic rings. The molecule has 1 aliphatic heterocycles. The highest BCUT2D eigenvalue weighted by Gasteiger charge is 2.39. The van der Waals surface area contributed by atoms with E-state index in [1.165, 1.54) is 12.5 Å². The van der Waals surface area contributed by atoms with Crippen molar-refractivity contribution in [3.63, 3.8) is 0 Å². The summed E-state index contributed by atoms with van der Waals surface area (Å²) in [6.07, 6.45) is 5.67. The van der Waals surface area contributed by atoms with Gasteiger partial charge in [-0.25, -0.2) is 13.2 Å². The summed E-state index contributed by atoms with van der Waals surface area (Å²) in [5.74, 6) is -3.59. The normalized spacial score (nSPS) is 25.3. The third kappa shape index (κ3) is 2.63. The van der Waals surface area contributed by atoms with E-state index in [4.69, 9.17) is 0 Å². The molecule has 3 rings (SSSR count). The first-order chi connectivity index (χ1) is 10.0. The van der Waals surface area contributed by atoms with Crippen LogP contribution < -0.4 is 10.2 Å². The lowest BCUT2D eigenvalue weighted by Gasteiger charge is -2.50. The standard InChI is InChI=1S/C16H21F3N2/c1-11-9-20-16(7-3-2-4-8-16)10-21(11)13-6-5-12(17)14(18)15(13)19/h5-6,11,20H,2-4,7-10H2,1H3. The van der Waals surface area contributed by atoms with E-state index in [-0.39, 0.29) is 17.3 Å². The van der Waals surface area contributed by atoms with Crippen LogP contribution in [0.5, 0.6) is 0 Å². The van der Waals surface area contributed by atoms with Gasteiger partial charge in [-0.15, -0.1) is 0 Å². The van der Waals surface area contributed by atoms with Crippen molar-refractivity contribution in [1.82, 2.24) is 5.32 Å². The lowest BCUT2D eigenvalue weighted by Crippen LogP contribution is -2.64. The number of hydrogen-bond donors (Lipinski definition) is 1. The Hall–Kier alpha value is -1.23. The number of halogens is 3. The Bertz CT molecular complexity index is 526. The summed E-state index contributed by atoms with van der Waals surface area (Å²) in [5.41, 5.74) is 0.162. The van der Waals surface area contributed by atoms with E-state index in [2.05, 4.69) is 5.32 Å². The van der Waals surface area contributed by atoms with Gasteiger partial charge in [0.15, 0.2) is 17.5 Å². The number of nitrogens with one attached hydrogen (secondary N) is 1. The van der Waals surface area contributed by atoms with Gasteiger partial charge in [-0.1, -0.05) is 19.3 Å². The second-order valence-electron chi connectivity index (χ2n) is 6.39. The first-order valence-electron chi connectivity index (χ1n) is 7.68. The summed E-state index contributed by atoms with van der Waals surface area (Å²) >= 11 is 0. The molecule has 0 aromatic heterocycles. The Kier molecular flexibility index (Phi) is 3.86. The van der Waals surface area contributed by atoms with Gasteiger partial charge in [-0.05, 0) is 31.9 Å². The zero-order valence-corrected chi connectivity index (χ0v) is 12.3. The zero-order valence-electron chi connectivity index (χ0n) is 12.3.